The number of carbonyl (C=O) groups excluding carboxylic acids is 2. The van der Waals surface area contributed by atoms with Gasteiger partial charge in [0.25, 0.3) is 0 Å². The Morgan fingerprint density at radius 2 is 1.60 bits per heavy atom. The number of amides is 2. The van der Waals surface area contributed by atoms with Crippen LogP contribution in [0.15, 0.2) is 91.0 Å². The molecule has 0 bridgehead atoms. The monoisotopic (exact) mass is 547 g/mol. The average molecular weight is 548 g/mol. The van der Waals surface area contributed by atoms with Gasteiger partial charge in [0.15, 0.2) is 0 Å². The third kappa shape index (κ3) is 4.79. The number of fused-ring (bicyclic) bond motifs is 2. The van der Waals surface area contributed by atoms with Crippen LogP contribution in [0.25, 0.3) is 33.1 Å². The van der Waals surface area contributed by atoms with Crippen molar-refractivity contribution in [2.75, 3.05) is 10.6 Å². The van der Waals surface area contributed by atoms with Crippen LogP contribution in [0, 0.1) is 0 Å². The molecule has 10 heteroatoms. The number of aromatic nitrogens is 3. The van der Waals surface area contributed by atoms with Gasteiger partial charge in [-0.15, -0.1) is 0 Å². The Labute approximate surface area is 232 Å². The molecule has 0 unspecified atom stereocenters. The fraction of sp³-hybridized carbons (Fsp3) is 0.0333. The number of para-hydroxylation sites is 1. The number of nitrogens with one attached hydrogen (secondary N) is 2. The minimum Gasteiger partial charge on any atom is -0.477 e. The zero-order valence-electron chi connectivity index (χ0n) is 20.9. The lowest BCUT2D eigenvalue weighted by Gasteiger charge is -2.10. The van der Waals surface area contributed by atoms with Crippen LogP contribution < -0.4 is 10.6 Å². The number of carboxylic acid groups (broad SMARTS) is 1. The molecule has 0 fully saturated rings. The van der Waals surface area contributed by atoms with E-state index in [-0.39, 0.29) is 12.2 Å². The predicted octanol–water partition coefficient (Wildman–Crippen LogP) is 6.52. The smallest absolute Gasteiger partial charge is 0.353 e. The van der Waals surface area contributed by atoms with E-state index in [2.05, 4.69) is 19.4 Å². The lowest BCUT2D eigenvalue weighted by Crippen LogP contribution is -2.19. The largest absolute Gasteiger partial charge is 0.477 e. The molecule has 40 heavy (non-hydrogen) atoms. The van der Waals surface area contributed by atoms with Crippen molar-refractivity contribution in [2.45, 2.75) is 6.54 Å². The van der Waals surface area contributed by atoms with Gasteiger partial charge in [-0.25, -0.2) is 9.59 Å². The lowest BCUT2D eigenvalue weighted by molar-refractivity contribution is 0.0687. The van der Waals surface area contributed by atoms with Gasteiger partial charge >= 0.3 is 12.0 Å². The Morgan fingerprint density at radius 1 is 0.850 bits per heavy atom. The number of carboxylic acids is 1. The lowest BCUT2D eigenvalue weighted by atomic mass is 10.00. The summed E-state index contributed by atoms with van der Waals surface area (Å²) in [7, 11) is 0. The maximum absolute atomic E-state index is 12.8. The van der Waals surface area contributed by atoms with E-state index in [4.69, 9.17) is 0 Å². The summed E-state index contributed by atoms with van der Waals surface area (Å²) in [6, 6.07) is 26.4. The summed E-state index contributed by atoms with van der Waals surface area (Å²) in [5.74, 6) is -1.10. The van der Waals surface area contributed by atoms with Crippen LogP contribution in [0.5, 0.6) is 0 Å². The second-order valence-corrected chi connectivity index (χ2v) is 9.65. The third-order valence-corrected chi connectivity index (χ3v) is 7.11. The first-order chi connectivity index (χ1) is 19.5. The molecule has 6 aromatic rings. The number of hydrogen-bond acceptors (Lipinski definition) is 6. The van der Waals surface area contributed by atoms with Crippen molar-refractivity contribution in [2.24, 2.45) is 0 Å². The van der Waals surface area contributed by atoms with Crippen molar-refractivity contribution in [1.82, 2.24) is 13.3 Å². The highest BCUT2D eigenvalue weighted by Crippen LogP contribution is 2.37. The SMILES string of the molecule is O=Cc1ccc(-c2c(C(=O)O)n(Cc3ccc4nsnc4c3)c3ccc(NC(=O)Nc4ccccc4)cc23)cc1. The fourth-order valence-electron chi connectivity index (χ4n) is 4.76. The molecule has 3 N–H and O–H groups in total. The molecule has 196 valence electrons. The minimum atomic E-state index is -1.10. The number of anilines is 2. The Hall–Kier alpha value is -5.35. The molecule has 6 rings (SSSR count). The summed E-state index contributed by atoms with van der Waals surface area (Å²) in [6.07, 6.45) is 0.738. The van der Waals surface area contributed by atoms with Gasteiger partial charge < -0.3 is 20.3 Å². The summed E-state index contributed by atoms with van der Waals surface area (Å²) in [5.41, 5.74) is 5.91. The molecule has 0 aliphatic rings. The number of nitrogens with zero attached hydrogens (tertiary/aromatic N) is 3. The van der Waals surface area contributed by atoms with Gasteiger partial charge in [0.1, 0.15) is 23.0 Å². The number of rotatable bonds is 7. The van der Waals surface area contributed by atoms with Crippen molar-refractivity contribution < 1.29 is 19.5 Å². The van der Waals surface area contributed by atoms with Crippen LogP contribution in [0.4, 0.5) is 16.2 Å². The van der Waals surface area contributed by atoms with E-state index in [0.717, 1.165) is 34.6 Å². The van der Waals surface area contributed by atoms with Gasteiger partial charge in [-0.05, 0) is 53.6 Å². The van der Waals surface area contributed by atoms with Crippen molar-refractivity contribution in [3.05, 3.63) is 108 Å². The van der Waals surface area contributed by atoms with Gasteiger partial charge in [-0.3, -0.25) is 4.79 Å². The summed E-state index contributed by atoms with van der Waals surface area (Å²) >= 11 is 1.12. The first-order valence-electron chi connectivity index (χ1n) is 12.3. The second-order valence-electron chi connectivity index (χ2n) is 9.12. The minimum absolute atomic E-state index is 0.0937. The Bertz CT molecular complexity index is 1900. The van der Waals surface area contributed by atoms with Crippen LogP contribution in [0.2, 0.25) is 0 Å². The van der Waals surface area contributed by atoms with Gasteiger partial charge in [0.2, 0.25) is 0 Å². The highest BCUT2D eigenvalue weighted by Gasteiger charge is 2.24. The molecule has 0 saturated carbocycles. The van der Waals surface area contributed by atoms with Gasteiger partial charge in [0, 0.05) is 39.9 Å². The molecule has 4 aromatic carbocycles. The quantitative estimate of drug-likeness (QED) is 0.196. The molecule has 0 aliphatic heterocycles. The summed E-state index contributed by atoms with van der Waals surface area (Å²) in [4.78, 5) is 36.7. The number of aldehydes is 1. The van der Waals surface area contributed by atoms with Crippen LogP contribution in [0.3, 0.4) is 0 Å². The standard InChI is InChI=1S/C30H21N5O4S/c36-17-18-6-9-20(10-7-18)27-23-15-22(32-30(39)31-21-4-2-1-3-5-21)11-13-26(23)35(28(27)29(37)38)16-19-8-12-24-25(14-19)34-40-33-24/h1-15,17H,16H2,(H,37,38)(H2,31,32,39). The van der Waals surface area contributed by atoms with Crippen molar-refractivity contribution in [1.29, 1.82) is 0 Å². The number of benzene rings is 4. The first-order valence-corrected chi connectivity index (χ1v) is 13.0. The molecule has 0 radical (unpaired) electrons. The third-order valence-electron chi connectivity index (χ3n) is 6.55. The van der Waals surface area contributed by atoms with E-state index in [0.29, 0.717) is 39.0 Å². The molecular weight excluding hydrogens is 526 g/mol. The van der Waals surface area contributed by atoms with E-state index in [1.165, 1.54) is 0 Å². The Balaban J connectivity index is 1.47. The highest BCUT2D eigenvalue weighted by atomic mass is 32.1. The molecule has 2 aromatic heterocycles. The zero-order chi connectivity index (χ0) is 27.6. The summed E-state index contributed by atoms with van der Waals surface area (Å²) in [6.45, 7) is 0.277. The van der Waals surface area contributed by atoms with Crippen molar-refractivity contribution in [3.8, 4) is 11.1 Å². The topological polar surface area (TPSA) is 126 Å². The van der Waals surface area contributed by atoms with Crippen LogP contribution in [-0.2, 0) is 6.54 Å². The molecular formula is C30H21N5O4S. The molecule has 0 aliphatic carbocycles. The van der Waals surface area contributed by atoms with Gasteiger partial charge in [0.05, 0.1) is 11.7 Å². The maximum atomic E-state index is 12.8. The molecule has 2 amide bonds. The highest BCUT2D eigenvalue weighted by molar-refractivity contribution is 7.00. The van der Waals surface area contributed by atoms with Crippen LogP contribution in [-0.4, -0.2) is 36.7 Å². The number of carbonyl (C=O) groups is 3. The Morgan fingerprint density at radius 3 is 2.35 bits per heavy atom. The van der Waals surface area contributed by atoms with E-state index in [1.807, 2.05) is 36.4 Å². The van der Waals surface area contributed by atoms with E-state index < -0.39 is 12.0 Å². The average Bonchev–Trinajstić information content (AvgIpc) is 3.56. The normalized spacial score (nSPS) is 11.0. The van der Waals surface area contributed by atoms with Gasteiger partial charge in [-0.1, -0.05) is 48.5 Å². The number of hydrogen-bond donors (Lipinski definition) is 3. The first kappa shape index (κ1) is 25.0. The van der Waals surface area contributed by atoms with E-state index in [1.54, 1.807) is 59.2 Å². The van der Waals surface area contributed by atoms with E-state index in [9.17, 15) is 19.5 Å². The van der Waals surface area contributed by atoms with Crippen molar-refractivity contribution in [3.63, 3.8) is 0 Å². The number of urea groups is 1. The summed E-state index contributed by atoms with van der Waals surface area (Å²) in [5, 5.41) is 16.7. The number of aromatic carboxylic acids is 1. The fourth-order valence-corrected chi connectivity index (χ4v) is 5.28. The summed E-state index contributed by atoms with van der Waals surface area (Å²) < 4.78 is 10.3. The molecule has 0 saturated heterocycles. The maximum Gasteiger partial charge on any atom is 0.353 e. The predicted molar refractivity (Wildman–Crippen MR) is 155 cm³/mol. The Kier molecular flexibility index (Phi) is 6.51. The molecule has 2 heterocycles. The van der Waals surface area contributed by atoms with Crippen molar-refractivity contribution >= 4 is 63.3 Å². The zero-order valence-corrected chi connectivity index (χ0v) is 21.7. The van der Waals surface area contributed by atoms with Gasteiger partial charge in [-0.2, -0.15) is 8.75 Å². The van der Waals surface area contributed by atoms with Crippen LogP contribution in [0.1, 0.15) is 26.4 Å². The van der Waals surface area contributed by atoms with Crippen LogP contribution >= 0.6 is 11.7 Å². The molecule has 0 atom stereocenters. The van der Waals surface area contributed by atoms with E-state index >= 15 is 0 Å². The second kappa shape index (κ2) is 10.4. The molecule has 9 nitrogen and oxygen atoms in total. The molecule has 0 spiro atoms.